The molecule has 3 N–H and O–H groups in total. The van der Waals surface area contributed by atoms with Crippen LogP contribution in [0.1, 0.15) is 43.1 Å². The van der Waals surface area contributed by atoms with E-state index in [1.165, 1.54) is 12.6 Å². The Morgan fingerprint density at radius 3 is 2.75 bits per heavy atom. The molecule has 0 saturated heterocycles. The van der Waals surface area contributed by atoms with Crippen molar-refractivity contribution in [3.63, 3.8) is 0 Å². The van der Waals surface area contributed by atoms with Crippen LogP contribution in [0.5, 0.6) is 0 Å². The smallest absolute Gasteiger partial charge is 0.270 e. The van der Waals surface area contributed by atoms with E-state index >= 15 is 0 Å². The number of carbonyl (C=O) groups excluding carboxylic acids is 1. The normalized spacial score (nSPS) is 17.6. The Labute approximate surface area is 95.3 Å². The summed E-state index contributed by atoms with van der Waals surface area (Å²) in [6.07, 6.45) is 5.83. The lowest BCUT2D eigenvalue weighted by Crippen LogP contribution is -2.53. The molecule has 0 atom stereocenters. The Kier molecular flexibility index (Phi) is 2.81. The van der Waals surface area contributed by atoms with Gasteiger partial charge in [0.05, 0.1) is 11.9 Å². The highest BCUT2D eigenvalue weighted by Gasteiger charge is 2.36. The number of nitrogens with one attached hydrogen (secondary N) is 1. The van der Waals surface area contributed by atoms with Gasteiger partial charge in [-0.15, -0.1) is 0 Å². The number of nitrogens with two attached hydrogens (primary N) is 1. The van der Waals surface area contributed by atoms with E-state index in [4.69, 9.17) is 5.73 Å². The summed E-state index contributed by atoms with van der Waals surface area (Å²) in [6.45, 7) is 2.11. The van der Waals surface area contributed by atoms with Gasteiger partial charge in [-0.1, -0.05) is 6.92 Å². The first-order chi connectivity index (χ1) is 7.65. The van der Waals surface area contributed by atoms with E-state index < -0.39 is 0 Å². The Morgan fingerprint density at radius 2 is 2.31 bits per heavy atom. The lowest BCUT2D eigenvalue weighted by atomic mass is 9.75. The highest BCUT2D eigenvalue weighted by Crippen LogP contribution is 2.34. The van der Waals surface area contributed by atoms with Crippen molar-refractivity contribution in [1.29, 1.82) is 0 Å². The maximum atomic E-state index is 11.9. The van der Waals surface area contributed by atoms with Crippen molar-refractivity contribution < 1.29 is 4.79 Å². The number of nitrogens with zero attached hydrogens (tertiary/aromatic N) is 1. The number of pyridine rings is 1. The molecule has 1 fully saturated rings. The molecule has 86 valence electrons. The molecule has 0 spiro atoms. The predicted octanol–water partition coefficient (Wildman–Crippen LogP) is 1.73. The van der Waals surface area contributed by atoms with Gasteiger partial charge < -0.3 is 11.1 Å². The van der Waals surface area contributed by atoms with Gasteiger partial charge in [-0.25, -0.2) is 4.98 Å². The molecule has 1 aliphatic rings. The fourth-order valence-corrected chi connectivity index (χ4v) is 2.01. The maximum Gasteiger partial charge on any atom is 0.270 e. The van der Waals surface area contributed by atoms with Crippen LogP contribution in [0.4, 0.5) is 5.69 Å². The van der Waals surface area contributed by atoms with Gasteiger partial charge in [-0.3, -0.25) is 4.79 Å². The van der Waals surface area contributed by atoms with Crippen LogP contribution in [-0.2, 0) is 0 Å². The Morgan fingerprint density at radius 1 is 1.56 bits per heavy atom. The lowest BCUT2D eigenvalue weighted by molar-refractivity contribution is 0.0815. The molecule has 1 aromatic rings. The minimum atomic E-state index is -0.0958. The third-order valence-electron chi connectivity index (χ3n) is 3.39. The van der Waals surface area contributed by atoms with Gasteiger partial charge in [0.15, 0.2) is 0 Å². The molecule has 0 aromatic carbocycles. The molecule has 0 bridgehead atoms. The average molecular weight is 219 g/mol. The van der Waals surface area contributed by atoms with Crippen LogP contribution >= 0.6 is 0 Å². The van der Waals surface area contributed by atoms with E-state index in [0.717, 1.165) is 19.3 Å². The second-order valence-corrected chi connectivity index (χ2v) is 4.42. The highest BCUT2D eigenvalue weighted by atomic mass is 16.2. The zero-order chi connectivity index (χ0) is 11.6. The minimum absolute atomic E-state index is 0.0140. The third kappa shape index (κ3) is 2.01. The molecule has 4 nitrogen and oxygen atoms in total. The van der Waals surface area contributed by atoms with Crippen LogP contribution in [0.3, 0.4) is 0 Å². The largest absolute Gasteiger partial charge is 0.397 e. The van der Waals surface area contributed by atoms with Crippen molar-refractivity contribution in [1.82, 2.24) is 10.3 Å². The number of hydrogen-bond acceptors (Lipinski definition) is 3. The molecule has 0 aliphatic heterocycles. The highest BCUT2D eigenvalue weighted by molar-refractivity contribution is 5.93. The molecule has 16 heavy (non-hydrogen) atoms. The fourth-order valence-electron chi connectivity index (χ4n) is 2.01. The van der Waals surface area contributed by atoms with Crippen molar-refractivity contribution in [2.75, 3.05) is 5.73 Å². The van der Waals surface area contributed by atoms with Crippen molar-refractivity contribution in [2.45, 2.75) is 38.1 Å². The molecule has 1 amide bonds. The van der Waals surface area contributed by atoms with Gasteiger partial charge in [0.2, 0.25) is 0 Å². The molecule has 0 radical (unpaired) electrons. The van der Waals surface area contributed by atoms with Crippen molar-refractivity contribution in [3.8, 4) is 0 Å². The van der Waals surface area contributed by atoms with Crippen molar-refractivity contribution in [2.24, 2.45) is 0 Å². The Hall–Kier alpha value is -1.58. The number of rotatable bonds is 3. The molecule has 1 heterocycles. The summed E-state index contributed by atoms with van der Waals surface area (Å²) in [5, 5.41) is 3.07. The van der Waals surface area contributed by atoms with Crippen molar-refractivity contribution in [3.05, 3.63) is 24.0 Å². The summed E-state index contributed by atoms with van der Waals surface area (Å²) in [5.74, 6) is -0.0958. The Bertz CT molecular complexity index is 376. The van der Waals surface area contributed by atoms with Gasteiger partial charge in [-0.2, -0.15) is 0 Å². The number of nitrogen functional groups attached to an aromatic ring is 1. The van der Waals surface area contributed by atoms with E-state index in [-0.39, 0.29) is 11.4 Å². The monoisotopic (exact) mass is 219 g/mol. The summed E-state index contributed by atoms with van der Waals surface area (Å²) in [5.41, 5.74) is 6.55. The number of anilines is 1. The van der Waals surface area contributed by atoms with E-state index in [1.54, 1.807) is 12.1 Å². The molecule has 1 aromatic heterocycles. The van der Waals surface area contributed by atoms with Crippen LogP contribution in [0, 0.1) is 0 Å². The average Bonchev–Trinajstić information content (AvgIpc) is 2.24. The van der Waals surface area contributed by atoms with Gasteiger partial charge in [0.25, 0.3) is 5.91 Å². The quantitative estimate of drug-likeness (QED) is 0.813. The SMILES string of the molecule is CCC1(NC(=O)c2ccc(N)cn2)CCC1. The third-order valence-corrected chi connectivity index (χ3v) is 3.39. The first kappa shape index (κ1) is 10.9. The second kappa shape index (κ2) is 4.12. The molecular formula is C12H17N3O. The maximum absolute atomic E-state index is 11.9. The standard InChI is InChI=1S/C12H17N3O/c1-2-12(6-3-7-12)15-11(16)10-5-4-9(13)8-14-10/h4-5,8H,2-3,6-7,13H2,1H3,(H,15,16). The topological polar surface area (TPSA) is 68.0 Å². The van der Waals surface area contributed by atoms with E-state index in [9.17, 15) is 4.79 Å². The lowest BCUT2D eigenvalue weighted by Gasteiger charge is -2.41. The number of carbonyl (C=O) groups is 1. The molecule has 2 rings (SSSR count). The molecule has 0 unspecified atom stereocenters. The van der Waals surface area contributed by atoms with Crippen LogP contribution in [-0.4, -0.2) is 16.4 Å². The molecule has 4 heteroatoms. The zero-order valence-electron chi connectivity index (χ0n) is 9.49. The first-order valence-electron chi connectivity index (χ1n) is 5.69. The summed E-state index contributed by atoms with van der Waals surface area (Å²) in [4.78, 5) is 15.9. The molecule has 1 saturated carbocycles. The number of aromatic nitrogens is 1. The Balaban J connectivity index is 2.05. The van der Waals surface area contributed by atoms with Crippen LogP contribution in [0.15, 0.2) is 18.3 Å². The van der Waals surface area contributed by atoms with Gasteiger partial charge in [0, 0.05) is 5.54 Å². The minimum Gasteiger partial charge on any atom is -0.397 e. The van der Waals surface area contributed by atoms with Crippen LogP contribution < -0.4 is 11.1 Å². The summed E-state index contributed by atoms with van der Waals surface area (Å²) >= 11 is 0. The molecular weight excluding hydrogens is 202 g/mol. The molecule has 1 aliphatic carbocycles. The zero-order valence-corrected chi connectivity index (χ0v) is 9.49. The number of hydrogen-bond donors (Lipinski definition) is 2. The second-order valence-electron chi connectivity index (χ2n) is 4.42. The fraction of sp³-hybridized carbons (Fsp3) is 0.500. The predicted molar refractivity (Wildman–Crippen MR) is 63.0 cm³/mol. The van der Waals surface area contributed by atoms with E-state index in [2.05, 4.69) is 17.2 Å². The summed E-state index contributed by atoms with van der Waals surface area (Å²) in [6, 6.07) is 3.36. The first-order valence-corrected chi connectivity index (χ1v) is 5.69. The number of amides is 1. The van der Waals surface area contributed by atoms with E-state index in [0.29, 0.717) is 11.4 Å². The van der Waals surface area contributed by atoms with Gasteiger partial charge in [-0.05, 0) is 37.8 Å². The van der Waals surface area contributed by atoms with Gasteiger partial charge in [0.1, 0.15) is 5.69 Å². The van der Waals surface area contributed by atoms with Crippen LogP contribution in [0.2, 0.25) is 0 Å². The van der Waals surface area contributed by atoms with E-state index in [1.807, 2.05) is 0 Å². The van der Waals surface area contributed by atoms with Crippen LogP contribution in [0.25, 0.3) is 0 Å². The summed E-state index contributed by atoms with van der Waals surface area (Å²) < 4.78 is 0. The summed E-state index contributed by atoms with van der Waals surface area (Å²) in [7, 11) is 0. The van der Waals surface area contributed by atoms with Crippen molar-refractivity contribution >= 4 is 11.6 Å². The van der Waals surface area contributed by atoms with Gasteiger partial charge >= 0.3 is 0 Å².